The van der Waals surface area contributed by atoms with Crippen molar-refractivity contribution in [2.75, 3.05) is 0 Å². The molecule has 4 aromatic rings. The van der Waals surface area contributed by atoms with Crippen LogP contribution >= 0.6 is 15.9 Å². The van der Waals surface area contributed by atoms with Gasteiger partial charge in [-0.1, -0.05) is 60.7 Å². The van der Waals surface area contributed by atoms with Crippen molar-refractivity contribution in [2.24, 2.45) is 5.10 Å². The van der Waals surface area contributed by atoms with Crippen LogP contribution in [0, 0.1) is 6.92 Å². The third kappa shape index (κ3) is 4.00. The summed E-state index contributed by atoms with van der Waals surface area (Å²) in [6.07, 6.45) is 1.73. The van der Waals surface area contributed by atoms with Crippen LogP contribution in [0.15, 0.2) is 88.4 Å². The summed E-state index contributed by atoms with van der Waals surface area (Å²) in [6, 6.07) is 25.9. The van der Waals surface area contributed by atoms with E-state index in [-0.39, 0.29) is 5.91 Å². The third-order valence-corrected chi connectivity index (χ3v) is 5.63. The van der Waals surface area contributed by atoms with Crippen LogP contribution in [0.3, 0.4) is 0 Å². The van der Waals surface area contributed by atoms with Crippen LogP contribution in [0.4, 0.5) is 0 Å². The molecule has 5 heteroatoms. The Morgan fingerprint density at radius 3 is 2.48 bits per heavy atom. The minimum atomic E-state index is -0.251. The lowest BCUT2D eigenvalue weighted by Gasteiger charge is -2.08. The van der Waals surface area contributed by atoms with Gasteiger partial charge in [0.05, 0.1) is 11.8 Å². The molecule has 0 spiro atoms. The molecule has 1 heterocycles. The van der Waals surface area contributed by atoms with Crippen molar-refractivity contribution >= 4 is 39.0 Å². The highest BCUT2D eigenvalue weighted by Gasteiger charge is 2.13. The van der Waals surface area contributed by atoms with Gasteiger partial charge in [0.1, 0.15) is 0 Å². The minimum Gasteiger partial charge on any atom is -0.340 e. The van der Waals surface area contributed by atoms with E-state index in [0.29, 0.717) is 5.56 Å². The van der Waals surface area contributed by atoms with Crippen molar-refractivity contribution in [2.45, 2.75) is 13.5 Å². The Hall–Kier alpha value is -3.18. The van der Waals surface area contributed by atoms with Gasteiger partial charge in [0.25, 0.3) is 5.91 Å². The SMILES string of the molecule is Cc1c(C=NNC(=O)c2ccccc2Br)c2ccccc2n1Cc1ccccc1. The monoisotopic (exact) mass is 445 g/mol. The highest BCUT2D eigenvalue weighted by atomic mass is 79.9. The van der Waals surface area contributed by atoms with E-state index in [1.807, 2.05) is 36.4 Å². The van der Waals surface area contributed by atoms with Crippen LogP contribution in [-0.2, 0) is 6.54 Å². The summed E-state index contributed by atoms with van der Waals surface area (Å²) in [7, 11) is 0. The highest BCUT2D eigenvalue weighted by molar-refractivity contribution is 9.10. The number of nitrogens with zero attached hydrogens (tertiary/aromatic N) is 2. The fourth-order valence-corrected chi connectivity index (χ4v) is 3.92. The predicted octanol–water partition coefficient (Wildman–Crippen LogP) is 5.52. The first-order valence-electron chi connectivity index (χ1n) is 9.35. The molecular weight excluding hydrogens is 426 g/mol. The van der Waals surface area contributed by atoms with Crippen molar-refractivity contribution in [3.63, 3.8) is 0 Å². The summed E-state index contributed by atoms with van der Waals surface area (Å²) in [6.45, 7) is 2.87. The molecule has 0 fully saturated rings. The Morgan fingerprint density at radius 2 is 1.69 bits per heavy atom. The van der Waals surface area contributed by atoms with Crippen LogP contribution in [-0.4, -0.2) is 16.7 Å². The van der Waals surface area contributed by atoms with Gasteiger partial charge in [-0.25, -0.2) is 5.43 Å². The van der Waals surface area contributed by atoms with E-state index < -0.39 is 0 Å². The number of carbonyl (C=O) groups excluding carboxylic acids is 1. The summed E-state index contributed by atoms with van der Waals surface area (Å²) in [5.41, 5.74) is 7.67. The van der Waals surface area contributed by atoms with Gasteiger partial charge in [0, 0.05) is 33.2 Å². The number of aromatic nitrogens is 1. The van der Waals surface area contributed by atoms with E-state index in [0.717, 1.165) is 33.2 Å². The summed E-state index contributed by atoms with van der Waals surface area (Å²) in [5, 5.41) is 5.34. The maximum atomic E-state index is 12.4. The van der Waals surface area contributed by atoms with Gasteiger partial charge in [-0.15, -0.1) is 0 Å². The molecule has 0 aliphatic rings. The third-order valence-electron chi connectivity index (χ3n) is 4.94. The van der Waals surface area contributed by atoms with E-state index in [9.17, 15) is 4.79 Å². The van der Waals surface area contributed by atoms with Crippen molar-refractivity contribution in [3.05, 3.63) is 106 Å². The molecule has 4 nitrogen and oxygen atoms in total. The van der Waals surface area contributed by atoms with E-state index in [2.05, 4.69) is 74.3 Å². The van der Waals surface area contributed by atoms with E-state index in [1.165, 1.54) is 5.56 Å². The summed E-state index contributed by atoms with van der Waals surface area (Å²) >= 11 is 3.40. The maximum absolute atomic E-state index is 12.4. The molecule has 0 aliphatic carbocycles. The van der Waals surface area contributed by atoms with Crippen LogP contribution in [0.1, 0.15) is 27.2 Å². The zero-order chi connectivity index (χ0) is 20.2. The molecule has 0 bridgehead atoms. The van der Waals surface area contributed by atoms with Gasteiger partial charge in [0.2, 0.25) is 0 Å². The van der Waals surface area contributed by atoms with Crippen molar-refractivity contribution in [3.8, 4) is 0 Å². The number of nitrogens with one attached hydrogen (secondary N) is 1. The molecule has 1 aromatic heterocycles. The van der Waals surface area contributed by atoms with E-state index in [4.69, 9.17) is 0 Å². The quantitative estimate of drug-likeness (QED) is 0.318. The maximum Gasteiger partial charge on any atom is 0.272 e. The number of hydrogen-bond acceptors (Lipinski definition) is 2. The van der Waals surface area contributed by atoms with E-state index in [1.54, 1.807) is 12.3 Å². The lowest BCUT2D eigenvalue weighted by atomic mass is 10.1. The normalized spacial score (nSPS) is 11.2. The smallest absolute Gasteiger partial charge is 0.272 e. The molecule has 3 aromatic carbocycles. The number of hydrogen-bond donors (Lipinski definition) is 1. The first kappa shape index (κ1) is 19.2. The van der Waals surface area contributed by atoms with Crippen molar-refractivity contribution in [1.29, 1.82) is 0 Å². The molecule has 0 saturated heterocycles. The lowest BCUT2D eigenvalue weighted by molar-refractivity contribution is 0.0954. The molecule has 0 radical (unpaired) electrons. The average Bonchev–Trinajstić information content (AvgIpc) is 3.01. The van der Waals surface area contributed by atoms with Crippen LogP contribution < -0.4 is 5.43 Å². The fourth-order valence-electron chi connectivity index (χ4n) is 3.45. The first-order valence-corrected chi connectivity index (χ1v) is 10.1. The number of fused-ring (bicyclic) bond motifs is 1. The van der Waals surface area contributed by atoms with Gasteiger partial charge in [-0.05, 0) is 46.6 Å². The Balaban J connectivity index is 1.64. The molecule has 1 N–H and O–H groups in total. The Kier molecular flexibility index (Phi) is 5.58. The number of halogens is 1. The Morgan fingerprint density at radius 1 is 1.00 bits per heavy atom. The number of benzene rings is 3. The number of amides is 1. The summed E-state index contributed by atoms with van der Waals surface area (Å²) in [4.78, 5) is 12.4. The first-order chi connectivity index (χ1) is 14.1. The second-order valence-electron chi connectivity index (χ2n) is 6.77. The molecule has 0 saturated carbocycles. The van der Waals surface area contributed by atoms with Gasteiger partial charge in [-0.3, -0.25) is 4.79 Å². The Labute approximate surface area is 178 Å². The van der Waals surface area contributed by atoms with Crippen molar-refractivity contribution in [1.82, 2.24) is 9.99 Å². The van der Waals surface area contributed by atoms with Gasteiger partial charge in [-0.2, -0.15) is 5.10 Å². The van der Waals surface area contributed by atoms with Gasteiger partial charge < -0.3 is 4.57 Å². The molecule has 1 amide bonds. The molecule has 4 rings (SSSR count). The largest absolute Gasteiger partial charge is 0.340 e. The topological polar surface area (TPSA) is 46.4 Å². The van der Waals surface area contributed by atoms with Crippen LogP contribution in [0.5, 0.6) is 0 Å². The standard InChI is InChI=1S/C24H20BrN3O/c1-17-21(15-26-27-24(29)20-12-5-7-13-22(20)25)19-11-6-8-14-23(19)28(17)16-18-9-3-2-4-10-18/h2-15H,16H2,1H3,(H,27,29). The highest BCUT2D eigenvalue weighted by Crippen LogP contribution is 2.25. The molecule has 0 atom stereocenters. The number of para-hydroxylation sites is 1. The Bertz CT molecular complexity index is 1200. The van der Waals surface area contributed by atoms with Gasteiger partial charge >= 0.3 is 0 Å². The molecule has 29 heavy (non-hydrogen) atoms. The zero-order valence-corrected chi connectivity index (χ0v) is 17.6. The second-order valence-corrected chi connectivity index (χ2v) is 7.62. The summed E-state index contributed by atoms with van der Waals surface area (Å²) in [5.74, 6) is -0.251. The molecule has 0 aliphatic heterocycles. The van der Waals surface area contributed by atoms with Crippen molar-refractivity contribution < 1.29 is 4.79 Å². The number of carbonyl (C=O) groups is 1. The lowest BCUT2D eigenvalue weighted by Crippen LogP contribution is -2.18. The number of rotatable bonds is 5. The molecule has 144 valence electrons. The minimum absolute atomic E-state index is 0.251. The van der Waals surface area contributed by atoms with Crippen LogP contribution in [0.2, 0.25) is 0 Å². The van der Waals surface area contributed by atoms with Crippen LogP contribution in [0.25, 0.3) is 10.9 Å². The predicted molar refractivity (Wildman–Crippen MR) is 121 cm³/mol. The van der Waals surface area contributed by atoms with E-state index >= 15 is 0 Å². The number of hydrazone groups is 1. The fraction of sp³-hybridized carbons (Fsp3) is 0.0833. The summed E-state index contributed by atoms with van der Waals surface area (Å²) < 4.78 is 3.02. The molecule has 0 unspecified atom stereocenters. The average molecular weight is 446 g/mol. The second kappa shape index (κ2) is 8.45. The molecular formula is C24H20BrN3O. The zero-order valence-electron chi connectivity index (χ0n) is 16.0. The van der Waals surface area contributed by atoms with Gasteiger partial charge in [0.15, 0.2) is 0 Å².